The summed E-state index contributed by atoms with van der Waals surface area (Å²) in [6.45, 7) is 8.13. The second-order valence-electron chi connectivity index (χ2n) is 3.02. The van der Waals surface area contributed by atoms with Crippen LogP contribution in [-0.4, -0.2) is 11.2 Å². The van der Waals surface area contributed by atoms with Gasteiger partial charge in [0.05, 0.1) is 6.10 Å². The van der Waals surface area contributed by atoms with Crippen molar-refractivity contribution in [3.8, 4) is 0 Å². The Labute approximate surface area is 63.8 Å². The topological polar surface area (TPSA) is 20.2 Å². The number of hydrogen-bond acceptors (Lipinski definition) is 1. The first-order chi connectivity index (χ1) is 4.57. The van der Waals surface area contributed by atoms with Crippen LogP contribution in [-0.2, 0) is 0 Å². The van der Waals surface area contributed by atoms with Crippen molar-refractivity contribution in [3.63, 3.8) is 0 Å². The van der Waals surface area contributed by atoms with Crippen molar-refractivity contribution in [2.24, 2.45) is 5.92 Å². The molecule has 0 saturated heterocycles. The van der Waals surface area contributed by atoms with Gasteiger partial charge in [-0.25, -0.2) is 0 Å². The third-order valence-corrected chi connectivity index (χ3v) is 1.49. The molecule has 0 fully saturated rings. The van der Waals surface area contributed by atoms with Crippen molar-refractivity contribution >= 4 is 0 Å². The Morgan fingerprint density at radius 1 is 1.40 bits per heavy atom. The first-order valence-corrected chi connectivity index (χ1v) is 3.96. The molecule has 60 valence electrons. The molecule has 10 heavy (non-hydrogen) atoms. The fourth-order valence-electron chi connectivity index (χ4n) is 0.981. The molecule has 0 aliphatic carbocycles. The van der Waals surface area contributed by atoms with E-state index in [9.17, 15) is 5.11 Å². The third kappa shape index (κ3) is 3.67. The van der Waals surface area contributed by atoms with Crippen molar-refractivity contribution in [2.75, 3.05) is 0 Å². The Hall–Kier alpha value is -0.300. The molecule has 0 aromatic carbocycles. The van der Waals surface area contributed by atoms with E-state index in [2.05, 4.69) is 26.8 Å². The van der Waals surface area contributed by atoms with Gasteiger partial charge < -0.3 is 5.11 Å². The van der Waals surface area contributed by atoms with Crippen LogP contribution in [0.3, 0.4) is 0 Å². The standard InChI is InChI=1S/C9H18O/c1-5-9(8(4)10)6-7(2)3/h6-8,10H,5H2,1-4H3/b9-6+. The van der Waals surface area contributed by atoms with Crippen LogP contribution < -0.4 is 0 Å². The minimum absolute atomic E-state index is 0.271. The Bertz CT molecular complexity index is 112. The maximum atomic E-state index is 9.19. The Morgan fingerprint density at radius 2 is 1.90 bits per heavy atom. The minimum atomic E-state index is -0.271. The normalized spacial score (nSPS) is 16.0. The maximum absolute atomic E-state index is 9.19. The quantitative estimate of drug-likeness (QED) is 0.600. The van der Waals surface area contributed by atoms with E-state index >= 15 is 0 Å². The summed E-state index contributed by atoms with van der Waals surface area (Å²) < 4.78 is 0. The zero-order valence-corrected chi connectivity index (χ0v) is 7.39. The van der Waals surface area contributed by atoms with Crippen molar-refractivity contribution in [1.29, 1.82) is 0 Å². The van der Waals surface area contributed by atoms with E-state index in [1.165, 1.54) is 0 Å². The summed E-state index contributed by atoms with van der Waals surface area (Å²) in [6.07, 6.45) is 2.81. The highest BCUT2D eigenvalue weighted by Gasteiger charge is 2.01. The predicted molar refractivity (Wildman–Crippen MR) is 44.9 cm³/mol. The number of aliphatic hydroxyl groups is 1. The van der Waals surface area contributed by atoms with Crippen LogP contribution >= 0.6 is 0 Å². The molecule has 1 atom stereocenters. The van der Waals surface area contributed by atoms with Crippen LogP contribution in [0.4, 0.5) is 0 Å². The van der Waals surface area contributed by atoms with Gasteiger partial charge in [-0.1, -0.05) is 26.8 Å². The number of hydrogen-bond donors (Lipinski definition) is 1. The lowest BCUT2D eigenvalue weighted by molar-refractivity contribution is 0.227. The summed E-state index contributed by atoms with van der Waals surface area (Å²) in [5, 5.41) is 9.19. The molecule has 0 aromatic rings. The van der Waals surface area contributed by atoms with Crippen molar-refractivity contribution in [3.05, 3.63) is 11.6 Å². The van der Waals surface area contributed by atoms with Gasteiger partial charge in [0.15, 0.2) is 0 Å². The molecule has 0 radical (unpaired) electrons. The molecule has 0 heterocycles. The largest absolute Gasteiger partial charge is 0.389 e. The van der Waals surface area contributed by atoms with Crippen LogP contribution in [0.5, 0.6) is 0 Å². The Balaban J connectivity index is 4.04. The lowest BCUT2D eigenvalue weighted by Gasteiger charge is -2.08. The number of allylic oxidation sites excluding steroid dienone is 1. The van der Waals surface area contributed by atoms with E-state index in [4.69, 9.17) is 0 Å². The number of aliphatic hydroxyl groups excluding tert-OH is 1. The van der Waals surface area contributed by atoms with Crippen LogP contribution in [0, 0.1) is 5.92 Å². The molecule has 1 unspecified atom stereocenters. The van der Waals surface area contributed by atoms with Gasteiger partial charge in [-0.2, -0.15) is 0 Å². The Morgan fingerprint density at radius 3 is 2.00 bits per heavy atom. The SMILES string of the molecule is CC/C(=C\C(C)C)C(C)O. The molecular weight excluding hydrogens is 124 g/mol. The van der Waals surface area contributed by atoms with Crippen molar-refractivity contribution in [2.45, 2.75) is 40.2 Å². The summed E-state index contributed by atoms with van der Waals surface area (Å²) >= 11 is 0. The van der Waals surface area contributed by atoms with Gasteiger partial charge in [-0.05, 0) is 24.8 Å². The van der Waals surface area contributed by atoms with E-state index in [1.54, 1.807) is 0 Å². The molecule has 0 saturated carbocycles. The molecule has 1 N–H and O–H groups in total. The van der Waals surface area contributed by atoms with Gasteiger partial charge in [0.25, 0.3) is 0 Å². The van der Waals surface area contributed by atoms with E-state index in [1.807, 2.05) is 6.92 Å². The molecule has 0 aromatic heterocycles. The molecule has 0 aliphatic rings. The van der Waals surface area contributed by atoms with Crippen LogP contribution in [0.2, 0.25) is 0 Å². The third-order valence-electron chi connectivity index (χ3n) is 1.49. The Kier molecular flexibility index (Phi) is 4.37. The highest BCUT2D eigenvalue weighted by atomic mass is 16.3. The molecule has 1 nitrogen and oxygen atoms in total. The zero-order valence-electron chi connectivity index (χ0n) is 7.39. The van der Waals surface area contributed by atoms with E-state index in [-0.39, 0.29) is 6.10 Å². The maximum Gasteiger partial charge on any atom is 0.0721 e. The molecule has 0 bridgehead atoms. The highest BCUT2D eigenvalue weighted by molar-refractivity contribution is 5.06. The van der Waals surface area contributed by atoms with E-state index < -0.39 is 0 Å². The lowest BCUT2D eigenvalue weighted by atomic mass is 10.0. The molecule has 1 heteroatoms. The second-order valence-corrected chi connectivity index (χ2v) is 3.02. The van der Waals surface area contributed by atoms with Gasteiger partial charge in [-0.3, -0.25) is 0 Å². The molecule has 0 rings (SSSR count). The molecule has 0 amide bonds. The second kappa shape index (κ2) is 4.51. The highest BCUT2D eigenvalue weighted by Crippen LogP contribution is 2.10. The van der Waals surface area contributed by atoms with Gasteiger partial charge in [-0.15, -0.1) is 0 Å². The fourth-order valence-corrected chi connectivity index (χ4v) is 0.981. The predicted octanol–water partition coefficient (Wildman–Crippen LogP) is 2.36. The van der Waals surface area contributed by atoms with E-state index in [0.29, 0.717) is 5.92 Å². The van der Waals surface area contributed by atoms with E-state index in [0.717, 1.165) is 12.0 Å². The summed E-state index contributed by atoms with van der Waals surface area (Å²) in [6, 6.07) is 0. The zero-order chi connectivity index (χ0) is 8.15. The first-order valence-electron chi connectivity index (χ1n) is 3.96. The minimum Gasteiger partial charge on any atom is -0.389 e. The van der Waals surface area contributed by atoms with Gasteiger partial charge >= 0.3 is 0 Å². The first kappa shape index (κ1) is 9.70. The summed E-state index contributed by atoms with van der Waals surface area (Å²) in [7, 11) is 0. The van der Waals surface area contributed by atoms with Gasteiger partial charge in [0.2, 0.25) is 0 Å². The average Bonchev–Trinajstić information content (AvgIpc) is 1.81. The fraction of sp³-hybridized carbons (Fsp3) is 0.778. The average molecular weight is 142 g/mol. The van der Waals surface area contributed by atoms with Crippen molar-refractivity contribution < 1.29 is 5.11 Å². The smallest absolute Gasteiger partial charge is 0.0721 e. The van der Waals surface area contributed by atoms with Crippen LogP contribution in [0.25, 0.3) is 0 Å². The lowest BCUT2D eigenvalue weighted by Crippen LogP contribution is -2.04. The molecular formula is C9H18O. The van der Waals surface area contributed by atoms with Crippen LogP contribution in [0.15, 0.2) is 11.6 Å². The summed E-state index contributed by atoms with van der Waals surface area (Å²) in [5.41, 5.74) is 1.15. The van der Waals surface area contributed by atoms with Crippen molar-refractivity contribution in [1.82, 2.24) is 0 Å². The summed E-state index contributed by atoms with van der Waals surface area (Å²) in [5.74, 6) is 0.546. The number of rotatable bonds is 3. The summed E-state index contributed by atoms with van der Waals surface area (Å²) in [4.78, 5) is 0. The molecule has 0 spiro atoms. The van der Waals surface area contributed by atoms with Crippen LogP contribution in [0.1, 0.15) is 34.1 Å². The van der Waals surface area contributed by atoms with Gasteiger partial charge in [0, 0.05) is 0 Å². The molecule has 0 aliphatic heterocycles. The van der Waals surface area contributed by atoms with Gasteiger partial charge in [0.1, 0.15) is 0 Å². The monoisotopic (exact) mass is 142 g/mol.